The van der Waals surface area contributed by atoms with E-state index in [1.54, 1.807) is 24.3 Å². The maximum absolute atomic E-state index is 11.4. The van der Waals surface area contributed by atoms with Crippen LogP contribution in [0.25, 0.3) is 0 Å². The van der Waals surface area contributed by atoms with Crippen LogP contribution in [-0.4, -0.2) is 23.1 Å². The van der Waals surface area contributed by atoms with Crippen LogP contribution >= 0.6 is 0 Å². The SMILES string of the molecule is CCCCCCCCCCCCCC(Cc1ccc(C(=O)O)cc1)OC(C)=O. The molecule has 0 saturated carbocycles. The predicted octanol–water partition coefficient (Wildman–Crippen LogP) is 6.56. The second-order valence-electron chi connectivity index (χ2n) is 7.76. The number of benzene rings is 1. The van der Waals surface area contributed by atoms with Crippen LogP contribution in [0.1, 0.15) is 107 Å². The van der Waals surface area contributed by atoms with E-state index in [-0.39, 0.29) is 17.6 Å². The summed E-state index contributed by atoms with van der Waals surface area (Å²) in [5, 5.41) is 8.98. The number of unbranched alkanes of at least 4 members (excludes halogenated alkanes) is 10. The van der Waals surface area contributed by atoms with Crippen LogP contribution in [0.5, 0.6) is 0 Å². The Morgan fingerprint density at radius 2 is 1.36 bits per heavy atom. The number of hydrogen-bond donors (Lipinski definition) is 1. The van der Waals surface area contributed by atoms with Gasteiger partial charge in [0.15, 0.2) is 0 Å². The average molecular weight is 391 g/mol. The third-order valence-electron chi connectivity index (χ3n) is 5.13. The van der Waals surface area contributed by atoms with Crippen LogP contribution in [0, 0.1) is 0 Å². The predicted molar refractivity (Wildman–Crippen MR) is 114 cm³/mol. The Morgan fingerprint density at radius 3 is 1.82 bits per heavy atom. The van der Waals surface area contributed by atoms with Gasteiger partial charge in [-0.3, -0.25) is 4.79 Å². The van der Waals surface area contributed by atoms with Gasteiger partial charge in [0.05, 0.1) is 5.56 Å². The molecular formula is C24H38O4. The minimum Gasteiger partial charge on any atom is -0.478 e. The minimum atomic E-state index is -0.927. The van der Waals surface area contributed by atoms with Gasteiger partial charge in [0.2, 0.25) is 0 Å². The second-order valence-corrected chi connectivity index (χ2v) is 7.76. The molecule has 0 fully saturated rings. The molecule has 4 heteroatoms. The van der Waals surface area contributed by atoms with Crippen LogP contribution in [0.4, 0.5) is 0 Å². The van der Waals surface area contributed by atoms with Gasteiger partial charge in [0.25, 0.3) is 0 Å². The lowest BCUT2D eigenvalue weighted by atomic mass is 10.0. The number of carboxylic acids is 1. The quantitative estimate of drug-likeness (QED) is 0.256. The molecule has 0 aromatic heterocycles. The van der Waals surface area contributed by atoms with Crippen molar-refractivity contribution in [1.29, 1.82) is 0 Å². The first-order valence-corrected chi connectivity index (χ1v) is 11.0. The molecule has 0 saturated heterocycles. The third kappa shape index (κ3) is 11.8. The average Bonchev–Trinajstić information content (AvgIpc) is 2.66. The Bertz CT molecular complexity index is 550. The van der Waals surface area contributed by atoms with Crippen molar-refractivity contribution in [2.24, 2.45) is 0 Å². The summed E-state index contributed by atoms with van der Waals surface area (Å²) in [4.78, 5) is 22.3. The van der Waals surface area contributed by atoms with Crippen molar-refractivity contribution in [3.05, 3.63) is 35.4 Å². The normalized spacial score (nSPS) is 11.9. The molecule has 0 spiro atoms. The van der Waals surface area contributed by atoms with Gasteiger partial charge in [0.1, 0.15) is 6.10 Å². The lowest BCUT2D eigenvalue weighted by Crippen LogP contribution is -2.19. The fraction of sp³-hybridized carbons (Fsp3) is 0.667. The number of esters is 1. The van der Waals surface area contributed by atoms with Crippen LogP contribution in [0.2, 0.25) is 0 Å². The fourth-order valence-electron chi connectivity index (χ4n) is 3.52. The highest BCUT2D eigenvalue weighted by atomic mass is 16.5. The maximum Gasteiger partial charge on any atom is 0.335 e. The Balaban J connectivity index is 2.21. The second kappa shape index (κ2) is 15.1. The topological polar surface area (TPSA) is 63.6 Å². The number of aromatic carboxylic acids is 1. The molecule has 0 aliphatic carbocycles. The molecule has 158 valence electrons. The van der Waals surface area contributed by atoms with E-state index < -0.39 is 5.97 Å². The molecule has 0 amide bonds. The zero-order valence-electron chi connectivity index (χ0n) is 17.8. The molecular weight excluding hydrogens is 352 g/mol. The van der Waals surface area contributed by atoms with Gasteiger partial charge in [-0.1, -0.05) is 83.3 Å². The van der Waals surface area contributed by atoms with Gasteiger partial charge < -0.3 is 9.84 Å². The summed E-state index contributed by atoms with van der Waals surface area (Å²) >= 11 is 0. The molecule has 1 rings (SSSR count). The van der Waals surface area contributed by atoms with Gasteiger partial charge in [-0.15, -0.1) is 0 Å². The molecule has 1 aromatic carbocycles. The Kier molecular flexibility index (Phi) is 13.1. The van der Waals surface area contributed by atoms with Gasteiger partial charge in [-0.25, -0.2) is 4.79 Å². The van der Waals surface area contributed by atoms with Gasteiger partial charge in [0, 0.05) is 13.3 Å². The third-order valence-corrected chi connectivity index (χ3v) is 5.13. The monoisotopic (exact) mass is 390 g/mol. The number of carbonyl (C=O) groups is 2. The summed E-state index contributed by atoms with van der Waals surface area (Å²) in [5.41, 5.74) is 1.28. The first kappa shape index (κ1) is 24.2. The highest BCUT2D eigenvalue weighted by Crippen LogP contribution is 2.16. The number of carboxylic acid groups (broad SMARTS) is 1. The summed E-state index contributed by atoms with van der Waals surface area (Å²) in [7, 11) is 0. The van der Waals surface area contributed by atoms with Crippen molar-refractivity contribution in [2.45, 2.75) is 103 Å². The molecule has 1 atom stereocenters. The summed E-state index contributed by atoms with van der Waals surface area (Å²) in [5.74, 6) is -1.18. The molecule has 0 bridgehead atoms. The Morgan fingerprint density at radius 1 is 0.857 bits per heavy atom. The van der Waals surface area contributed by atoms with Crippen molar-refractivity contribution >= 4 is 11.9 Å². The Labute approximate surface area is 170 Å². The van der Waals surface area contributed by atoms with E-state index in [2.05, 4.69) is 6.92 Å². The van der Waals surface area contributed by atoms with Crippen molar-refractivity contribution in [3.63, 3.8) is 0 Å². The van der Waals surface area contributed by atoms with E-state index in [1.807, 2.05) is 0 Å². The Hall–Kier alpha value is -1.84. The smallest absolute Gasteiger partial charge is 0.335 e. The van der Waals surface area contributed by atoms with Crippen LogP contribution in [0.15, 0.2) is 24.3 Å². The minimum absolute atomic E-state index is 0.133. The molecule has 0 aliphatic rings. The summed E-state index contributed by atoms with van der Waals surface area (Å²) in [6.45, 7) is 3.70. The molecule has 0 heterocycles. The first-order valence-electron chi connectivity index (χ1n) is 11.0. The van der Waals surface area contributed by atoms with E-state index in [0.29, 0.717) is 6.42 Å². The highest BCUT2D eigenvalue weighted by Gasteiger charge is 2.13. The van der Waals surface area contributed by atoms with Crippen molar-refractivity contribution < 1.29 is 19.4 Å². The summed E-state index contributed by atoms with van der Waals surface area (Å²) in [6.07, 6.45) is 15.6. The summed E-state index contributed by atoms with van der Waals surface area (Å²) in [6, 6.07) is 6.82. The molecule has 0 aliphatic heterocycles. The van der Waals surface area contributed by atoms with Gasteiger partial charge >= 0.3 is 11.9 Å². The van der Waals surface area contributed by atoms with Crippen molar-refractivity contribution in [2.75, 3.05) is 0 Å². The molecule has 1 unspecified atom stereocenters. The van der Waals surface area contributed by atoms with E-state index in [9.17, 15) is 9.59 Å². The van der Waals surface area contributed by atoms with Crippen LogP contribution in [0.3, 0.4) is 0 Å². The molecule has 4 nitrogen and oxygen atoms in total. The van der Waals surface area contributed by atoms with Gasteiger partial charge in [-0.05, 0) is 30.5 Å². The maximum atomic E-state index is 11.4. The molecule has 28 heavy (non-hydrogen) atoms. The fourth-order valence-corrected chi connectivity index (χ4v) is 3.52. The van der Waals surface area contributed by atoms with E-state index in [1.165, 1.54) is 71.1 Å². The lowest BCUT2D eigenvalue weighted by Gasteiger charge is -2.17. The number of ether oxygens (including phenoxy) is 1. The largest absolute Gasteiger partial charge is 0.478 e. The zero-order chi connectivity index (χ0) is 20.6. The van der Waals surface area contributed by atoms with Gasteiger partial charge in [-0.2, -0.15) is 0 Å². The van der Waals surface area contributed by atoms with E-state index >= 15 is 0 Å². The number of rotatable bonds is 16. The molecule has 1 N–H and O–H groups in total. The summed E-state index contributed by atoms with van der Waals surface area (Å²) < 4.78 is 5.47. The molecule has 0 radical (unpaired) electrons. The molecule has 1 aromatic rings. The number of hydrogen-bond acceptors (Lipinski definition) is 3. The highest BCUT2D eigenvalue weighted by molar-refractivity contribution is 5.87. The standard InChI is InChI=1S/C24H38O4/c1-3-4-5-6-7-8-9-10-11-12-13-14-23(28-20(2)25)19-21-15-17-22(18-16-21)24(26)27/h15-18,23H,3-14,19H2,1-2H3,(H,26,27). The van der Waals surface area contributed by atoms with Crippen LogP contribution < -0.4 is 0 Å². The van der Waals surface area contributed by atoms with E-state index in [0.717, 1.165) is 18.4 Å². The van der Waals surface area contributed by atoms with Crippen LogP contribution in [-0.2, 0) is 16.0 Å². The number of carbonyl (C=O) groups excluding carboxylic acids is 1. The zero-order valence-corrected chi connectivity index (χ0v) is 17.8. The van der Waals surface area contributed by atoms with Crippen molar-refractivity contribution in [3.8, 4) is 0 Å². The van der Waals surface area contributed by atoms with Crippen molar-refractivity contribution in [1.82, 2.24) is 0 Å². The van der Waals surface area contributed by atoms with E-state index in [4.69, 9.17) is 9.84 Å². The first-order chi connectivity index (χ1) is 13.5. The lowest BCUT2D eigenvalue weighted by molar-refractivity contribution is -0.146.